The van der Waals surface area contributed by atoms with E-state index in [0.717, 1.165) is 10.0 Å². The summed E-state index contributed by atoms with van der Waals surface area (Å²) < 4.78 is 0.913. The van der Waals surface area contributed by atoms with Crippen molar-refractivity contribution in [3.8, 4) is 0 Å². The molecule has 0 radical (unpaired) electrons. The zero-order chi connectivity index (χ0) is 11.4. The molecule has 1 aromatic carbocycles. The molecule has 1 aromatic rings. The minimum Gasteiger partial charge on any atom is -0.481 e. The lowest BCUT2D eigenvalue weighted by Gasteiger charge is -2.19. The number of hydrogen-bond acceptors (Lipinski definition) is 2. The highest BCUT2D eigenvalue weighted by molar-refractivity contribution is 9.10. The third kappa shape index (κ3) is 3.04. The van der Waals surface area contributed by atoms with Crippen LogP contribution in [0, 0.1) is 5.92 Å². The molecule has 82 valence electrons. The quantitative estimate of drug-likeness (QED) is 0.885. The molecule has 0 aliphatic carbocycles. The normalized spacial score (nSPS) is 14.6. The summed E-state index contributed by atoms with van der Waals surface area (Å²) in [5, 5.41) is 8.98. The number of carboxylic acid groups (broad SMARTS) is 1. The fourth-order valence-corrected chi connectivity index (χ4v) is 1.95. The molecule has 0 amide bonds. The molecule has 3 N–H and O–H groups in total. The Labute approximate surface area is 97.4 Å². The maximum absolute atomic E-state index is 10.9. The zero-order valence-corrected chi connectivity index (χ0v) is 10.1. The molecule has 2 unspecified atom stereocenters. The van der Waals surface area contributed by atoms with Gasteiger partial charge in [0.2, 0.25) is 0 Å². The van der Waals surface area contributed by atoms with Crippen LogP contribution in [-0.4, -0.2) is 11.1 Å². The second-order valence-corrected chi connectivity index (χ2v) is 4.35. The lowest BCUT2D eigenvalue weighted by molar-refractivity contribution is -0.142. The SMILES string of the molecule is CCC(C(=O)O)C(N)c1cccc(Br)c1. The summed E-state index contributed by atoms with van der Waals surface area (Å²) >= 11 is 3.34. The van der Waals surface area contributed by atoms with E-state index >= 15 is 0 Å². The molecule has 0 aliphatic heterocycles. The Hall–Kier alpha value is -0.870. The Morgan fingerprint density at radius 1 is 1.60 bits per heavy atom. The number of nitrogens with two attached hydrogens (primary N) is 1. The molecule has 0 bridgehead atoms. The van der Waals surface area contributed by atoms with Crippen LogP contribution in [0.3, 0.4) is 0 Å². The largest absolute Gasteiger partial charge is 0.481 e. The van der Waals surface area contributed by atoms with Gasteiger partial charge in [-0.25, -0.2) is 0 Å². The number of aliphatic carboxylic acids is 1. The molecule has 0 aliphatic rings. The van der Waals surface area contributed by atoms with E-state index in [4.69, 9.17) is 10.8 Å². The number of rotatable bonds is 4. The summed E-state index contributed by atoms with van der Waals surface area (Å²) in [4.78, 5) is 10.9. The van der Waals surface area contributed by atoms with Crippen LogP contribution in [0.2, 0.25) is 0 Å². The molecule has 0 saturated carbocycles. The Morgan fingerprint density at radius 2 is 2.27 bits per heavy atom. The van der Waals surface area contributed by atoms with Crippen molar-refractivity contribution in [1.29, 1.82) is 0 Å². The maximum Gasteiger partial charge on any atom is 0.308 e. The van der Waals surface area contributed by atoms with E-state index in [9.17, 15) is 4.79 Å². The molecule has 4 heteroatoms. The Bertz CT molecular complexity index is 354. The predicted molar refractivity (Wildman–Crippen MR) is 62.5 cm³/mol. The Balaban J connectivity index is 2.92. The van der Waals surface area contributed by atoms with Gasteiger partial charge in [0.1, 0.15) is 0 Å². The Morgan fingerprint density at radius 3 is 2.73 bits per heavy atom. The third-order valence-corrected chi connectivity index (χ3v) is 2.92. The first-order chi connectivity index (χ1) is 7.06. The van der Waals surface area contributed by atoms with Gasteiger partial charge in [0.25, 0.3) is 0 Å². The average Bonchev–Trinajstić information content (AvgIpc) is 2.18. The van der Waals surface area contributed by atoms with Crippen molar-refractivity contribution >= 4 is 21.9 Å². The van der Waals surface area contributed by atoms with Gasteiger partial charge in [-0.3, -0.25) is 4.79 Å². The van der Waals surface area contributed by atoms with Crippen LogP contribution in [0.25, 0.3) is 0 Å². The van der Waals surface area contributed by atoms with E-state index in [-0.39, 0.29) is 0 Å². The molecule has 3 nitrogen and oxygen atoms in total. The Kier molecular flexibility index (Phi) is 4.29. The van der Waals surface area contributed by atoms with Gasteiger partial charge >= 0.3 is 5.97 Å². The first kappa shape index (κ1) is 12.2. The summed E-state index contributed by atoms with van der Waals surface area (Å²) in [7, 11) is 0. The van der Waals surface area contributed by atoms with E-state index in [0.29, 0.717) is 6.42 Å². The summed E-state index contributed by atoms with van der Waals surface area (Å²) in [6, 6.07) is 6.99. The second-order valence-electron chi connectivity index (χ2n) is 3.43. The van der Waals surface area contributed by atoms with Gasteiger partial charge in [-0.05, 0) is 24.1 Å². The number of benzene rings is 1. The standard InChI is InChI=1S/C11H14BrNO2/c1-2-9(11(14)15)10(13)7-4-3-5-8(12)6-7/h3-6,9-10H,2,13H2,1H3,(H,14,15). The maximum atomic E-state index is 10.9. The number of hydrogen-bond donors (Lipinski definition) is 2. The van der Waals surface area contributed by atoms with Crippen molar-refractivity contribution in [2.24, 2.45) is 11.7 Å². The van der Waals surface area contributed by atoms with E-state index < -0.39 is 17.9 Å². The minimum absolute atomic E-state index is 0.454. The molecule has 1 rings (SSSR count). The number of carbonyl (C=O) groups is 1. The molecule has 2 atom stereocenters. The van der Waals surface area contributed by atoms with Crippen molar-refractivity contribution in [2.45, 2.75) is 19.4 Å². The van der Waals surface area contributed by atoms with Gasteiger partial charge in [-0.2, -0.15) is 0 Å². The fourth-order valence-electron chi connectivity index (χ4n) is 1.53. The number of halogens is 1. The smallest absolute Gasteiger partial charge is 0.308 e. The van der Waals surface area contributed by atoms with Crippen LogP contribution in [-0.2, 0) is 4.79 Å². The van der Waals surface area contributed by atoms with Crippen LogP contribution in [0.15, 0.2) is 28.7 Å². The zero-order valence-electron chi connectivity index (χ0n) is 8.48. The first-order valence-corrected chi connectivity index (χ1v) is 5.59. The first-order valence-electron chi connectivity index (χ1n) is 4.80. The van der Waals surface area contributed by atoms with Gasteiger partial charge < -0.3 is 10.8 Å². The molecule has 0 fully saturated rings. The summed E-state index contributed by atoms with van der Waals surface area (Å²) in [6.07, 6.45) is 0.531. The lowest BCUT2D eigenvalue weighted by atomic mass is 9.92. The molecule has 0 heterocycles. The third-order valence-electron chi connectivity index (χ3n) is 2.42. The monoisotopic (exact) mass is 271 g/mol. The second kappa shape index (κ2) is 5.28. The van der Waals surface area contributed by atoms with E-state index in [2.05, 4.69) is 15.9 Å². The van der Waals surface area contributed by atoms with E-state index in [1.807, 2.05) is 31.2 Å². The molecular weight excluding hydrogens is 258 g/mol. The highest BCUT2D eigenvalue weighted by Crippen LogP contribution is 2.24. The van der Waals surface area contributed by atoms with Crippen molar-refractivity contribution in [2.75, 3.05) is 0 Å². The van der Waals surface area contributed by atoms with Crippen molar-refractivity contribution in [1.82, 2.24) is 0 Å². The molecular formula is C11H14BrNO2. The van der Waals surface area contributed by atoms with E-state index in [1.54, 1.807) is 0 Å². The van der Waals surface area contributed by atoms with Crippen LogP contribution >= 0.6 is 15.9 Å². The van der Waals surface area contributed by atoms with Crippen LogP contribution in [0.5, 0.6) is 0 Å². The molecule has 0 saturated heterocycles. The average molecular weight is 272 g/mol. The van der Waals surface area contributed by atoms with Crippen LogP contribution < -0.4 is 5.73 Å². The minimum atomic E-state index is -0.843. The van der Waals surface area contributed by atoms with Crippen molar-refractivity contribution < 1.29 is 9.90 Å². The van der Waals surface area contributed by atoms with Crippen LogP contribution in [0.4, 0.5) is 0 Å². The van der Waals surface area contributed by atoms with Crippen LogP contribution in [0.1, 0.15) is 24.9 Å². The lowest BCUT2D eigenvalue weighted by Crippen LogP contribution is -2.27. The van der Waals surface area contributed by atoms with Gasteiger partial charge in [-0.1, -0.05) is 35.0 Å². The number of carboxylic acids is 1. The highest BCUT2D eigenvalue weighted by Gasteiger charge is 2.24. The topological polar surface area (TPSA) is 63.3 Å². The summed E-state index contributed by atoms with van der Waals surface area (Å²) in [5.74, 6) is -1.37. The van der Waals surface area contributed by atoms with Gasteiger partial charge in [0, 0.05) is 10.5 Å². The van der Waals surface area contributed by atoms with E-state index in [1.165, 1.54) is 0 Å². The van der Waals surface area contributed by atoms with Crippen molar-refractivity contribution in [3.63, 3.8) is 0 Å². The predicted octanol–water partition coefficient (Wildman–Crippen LogP) is 2.56. The summed E-state index contributed by atoms with van der Waals surface area (Å²) in [6.45, 7) is 1.83. The molecule has 0 spiro atoms. The van der Waals surface area contributed by atoms with Gasteiger partial charge in [0.15, 0.2) is 0 Å². The van der Waals surface area contributed by atoms with Crippen molar-refractivity contribution in [3.05, 3.63) is 34.3 Å². The molecule has 0 aromatic heterocycles. The molecule has 15 heavy (non-hydrogen) atoms. The fraction of sp³-hybridized carbons (Fsp3) is 0.364. The van der Waals surface area contributed by atoms with Gasteiger partial charge in [0.05, 0.1) is 5.92 Å². The summed E-state index contributed by atoms with van der Waals surface area (Å²) in [5.41, 5.74) is 6.76. The van der Waals surface area contributed by atoms with Gasteiger partial charge in [-0.15, -0.1) is 0 Å². The highest BCUT2D eigenvalue weighted by atomic mass is 79.9.